The van der Waals surface area contributed by atoms with Crippen LogP contribution in [0.3, 0.4) is 0 Å². The first-order chi connectivity index (χ1) is 8.54. The number of hydrogen-bond acceptors (Lipinski definition) is 3. The van der Waals surface area contributed by atoms with Crippen molar-refractivity contribution in [2.45, 2.75) is 51.8 Å². The van der Waals surface area contributed by atoms with Crippen molar-refractivity contribution in [2.24, 2.45) is 5.92 Å². The van der Waals surface area contributed by atoms with E-state index in [-0.39, 0.29) is 42.5 Å². The number of carbonyl (C=O) groups is 2. The summed E-state index contributed by atoms with van der Waals surface area (Å²) in [5.74, 6) is 0.159. The molecule has 0 aromatic rings. The Labute approximate surface area is 108 Å². The molecule has 5 nitrogen and oxygen atoms in total. The highest BCUT2D eigenvalue weighted by Gasteiger charge is 2.41. The molecule has 2 aliphatic rings. The second-order valence-corrected chi connectivity index (χ2v) is 5.33. The number of nitrogens with one attached hydrogen (secondary N) is 1. The fourth-order valence-electron chi connectivity index (χ4n) is 2.72. The summed E-state index contributed by atoms with van der Waals surface area (Å²) < 4.78 is 5.50. The normalized spacial score (nSPS) is 34.6. The second-order valence-electron chi connectivity index (χ2n) is 5.33. The molecule has 0 saturated carbocycles. The van der Waals surface area contributed by atoms with Crippen molar-refractivity contribution in [3.63, 3.8) is 0 Å². The molecule has 2 heterocycles. The first-order valence-electron chi connectivity index (χ1n) is 6.76. The number of ether oxygens (including phenoxy) is 1. The van der Waals surface area contributed by atoms with Crippen molar-refractivity contribution in [1.82, 2.24) is 10.2 Å². The molecule has 4 unspecified atom stereocenters. The van der Waals surface area contributed by atoms with Gasteiger partial charge in [0.25, 0.3) is 0 Å². The lowest BCUT2D eigenvalue weighted by Crippen LogP contribution is -2.63. The molecule has 0 radical (unpaired) electrons. The van der Waals surface area contributed by atoms with E-state index in [0.717, 1.165) is 12.8 Å². The number of hydrogen-bond donors (Lipinski definition) is 1. The molecular formula is C13H22N2O3. The van der Waals surface area contributed by atoms with Crippen molar-refractivity contribution in [2.75, 3.05) is 13.2 Å². The van der Waals surface area contributed by atoms with Gasteiger partial charge in [0, 0.05) is 6.61 Å². The molecule has 0 spiro atoms. The van der Waals surface area contributed by atoms with Crippen LogP contribution in [0.2, 0.25) is 0 Å². The summed E-state index contributed by atoms with van der Waals surface area (Å²) >= 11 is 0. The van der Waals surface area contributed by atoms with Gasteiger partial charge in [-0.25, -0.2) is 0 Å². The largest absolute Gasteiger partial charge is 0.376 e. The Kier molecular flexibility index (Phi) is 3.90. The zero-order valence-corrected chi connectivity index (χ0v) is 11.3. The monoisotopic (exact) mass is 254 g/mol. The molecule has 4 atom stereocenters. The Morgan fingerprint density at radius 1 is 1.50 bits per heavy atom. The third-order valence-electron chi connectivity index (χ3n) is 4.13. The molecule has 1 N–H and O–H groups in total. The zero-order valence-electron chi connectivity index (χ0n) is 11.3. The zero-order chi connectivity index (χ0) is 13.3. The Balaban J connectivity index is 2.14. The minimum absolute atomic E-state index is 0.0254. The van der Waals surface area contributed by atoms with Crippen LogP contribution in [0.4, 0.5) is 0 Å². The molecule has 2 fully saturated rings. The fraction of sp³-hybridized carbons (Fsp3) is 0.846. The highest BCUT2D eigenvalue weighted by molar-refractivity contribution is 5.95. The van der Waals surface area contributed by atoms with Crippen LogP contribution in [0.5, 0.6) is 0 Å². The second kappa shape index (κ2) is 5.26. The van der Waals surface area contributed by atoms with Gasteiger partial charge in [0.1, 0.15) is 12.6 Å². The molecule has 0 aromatic heterocycles. The summed E-state index contributed by atoms with van der Waals surface area (Å²) in [5, 5.41) is 2.81. The van der Waals surface area contributed by atoms with Crippen molar-refractivity contribution in [3.8, 4) is 0 Å². The first-order valence-corrected chi connectivity index (χ1v) is 6.76. The Morgan fingerprint density at radius 2 is 2.22 bits per heavy atom. The predicted octanol–water partition coefficient (Wildman–Crippen LogP) is 0.537. The number of nitrogens with zero attached hydrogens (tertiary/aromatic N) is 1. The molecule has 2 rings (SSSR count). The average Bonchev–Trinajstić information content (AvgIpc) is 2.77. The summed E-state index contributed by atoms with van der Waals surface area (Å²) in [4.78, 5) is 25.9. The van der Waals surface area contributed by atoms with Gasteiger partial charge >= 0.3 is 0 Å². The summed E-state index contributed by atoms with van der Waals surface area (Å²) in [6.07, 6.45) is 1.73. The van der Waals surface area contributed by atoms with Crippen LogP contribution < -0.4 is 5.32 Å². The summed E-state index contributed by atoms with van der Waals surface area (Å²) in [5.41, 5.74) is 0. The topological polar surface area (TPSA) is 58.6 Å². The van der Waals surface area contributed by atoms with Crippen molar-refractivity contribution in [1.29, 1.82) is 0 Å². The van der Waals surface area contributed by atoms with E-state index in [2.05, 4.69) is 5.32 Å². The lowest BCUT2D eigenvalue weighted by atomic mass is 9.94. The minimum Gasteiger partial charge on any atom is -0.376 e. The van der Waals surface area contributed by atoms with E-state index >= 15 is 0 Å². The van der Waals surface area contributed by atoms with Gasteiger partial charge in [-0.1, -0.05) is 20.3 Å². The van der Waals surface area contributed by atoms with Crippen LogP contribution in [0, 0.1) is 5.92 Å². The van der Waals surface area contributed by atoms with Crippen LogP contribution in [-0.4, -0.2) is 48.1 Å². The van der Waals surface area contributed by atoms with Crippen LogP contribution in [-0.2, 0) is 14.3 Å². The van der Waals surface area contributed by atoms with Crippen molar-refractivity contribution >= 4 is 11.8 Å². The number of amides is 2. The van der Waals surface area contributed by atoms with E-state index < -0.39 is 0 Å². The van der Waals surface area contributed by atoms with Gasteiger partial charge in [-0.3, -0.25) is 9.59 Å². The molecule has 2 amide bonds. The van der Waals surface area contributed by atoms with Crippen molar-refractivity contribution in [3.05, 3.63) is 0 Å². The van der Waals surface area contributed by atoms with Gasteiger partial charge in [-0.05, 0) is 19.3 Å². The minimum atomic E-state index is -0.371. The van der Waals surface area contributed by atoms with Crippen LogP contribution in [0.1, 0.15) is 33.6 Å². The summed E-state index contributed by atoms with van der Waals surface area (Å²) in [7, 11) is 0. The van der Waals surface area contributed by atoms with Gasteiger partial charge in [0.15, 0.2) is 0 Å². The van der Waals surface area contributed by atoms with Crippen molar-refractivity contribution < 1.29 is 14.3 Å². The molecule has 0 aliphatic carbocycles. The Hall–Kier alpha value is -1.10. The molecular weight excluding hydrogens is 232 g/mol. The van der Waals surface area contributed by atoms with Gasteiger partial charge in [-0.2, -0.15) is 0 Å². The number of piperazine rings is 1. The van der Waals surface area contributed by atoms with Crippen LogP contribution in [0.25, 0.3) is 0 Å². The van der Waals surface area contributed by atoms with E-state index in [1.165, 1.54) is 0 Å². The number of carbonyl (C=O) groups excluding carboxylic acids is 2. The Morgan fingerprint density at radius 3 is 2.78 bits per heavy atom. The third kappa shape index (κ3) is 2.36. The molecule has 18 heavy (non-hydrogen) atoms. The summed E-state index contributed by atoms with van der Waals surface area (Å²) in [6.45, 7) is 6.84. The molecule has 2 saturated heterocycles. The molecule has 0 bridgehead atoms. The third-order valence-corrected chi connectivity index (χ3v) is 4.13. The maximum atomic E-state index is 12.5. The van der Waals surface area contributed by atoms with E-state index in [4.69, 9.17) is 4.74 Å². The SMILES string of the molecule is CCC(C)C1NC(=O)CN(C2CCOC2C)C1=O. The Bertz CT molecular complexity index is 345. The van der Waals surface area contributed by atoms with E-state index in [9.17, 15) is 9.59 Å². The maximum absolute atomic E-state index is 12.5. The lowest BCUT2D eigenvalue weighted by molar-refractivity contribution is -0.149. The van der Waals surface area contributed by atoms with E-state index in [1.54, 1.807) is 4.90 Å². The lowest BCUT2D eigenvalue weighted by Gasteiger charge is -2.39. The van der Waals surface area contributed by atoms with Gasteiger partial charge < -0.3 is 15.0 Å². The summed E-state index contributed by atoms with van der Waals surface area (Å²) in [6, 6.07) is -0.320. The van der Waals surface area contributed by atoms with E-state index in [1.807, 2.05) is 20.8 Å². The average molecular weight is 254 g/mol. The first kappa shape index (κ1) is 13.3. The molecule has 0 aromatic carbocycles. The van der Waals surface area contributed by atoms with Crippen LogP contribution in [0.15, 0.2) is 0 Å². The van der Waals surface area contributed by atoms with Gasteiger partial charge in [0.2, 0.25) is 11.8 Å². The highest BCUT2D eigenvalue weighted by Crippen LogP contribution is 2.23. The predicted molar refractivity (Wildman–Crippen MR) is 66.9 cm³/mol. The fourth-order valence-corrected chi connectivity index (χ4v) is 2.72. The maximum Gasteiger partial charge on any atom is 0.246 e. The van der Waals surface area contributed by atoms with Gasteiger partial charge in [0.05, 0.1) is 12.1 Å². The molecule has 102 valence electrons. The smallest absolute Gasteiger partial charge is 0.246 e. The standard InChI is InChI=1S/C13H22N2O3/c1-4-8(2)12-13(17)15(7-11(16)14-12)10-5-6-18-9(10)3/h8-10,12H,4-7H2,1-3H3,(H,14,16). The molecule has 2 aliphatic heterocycles. The van der Waals surface area contributed by atoms with Crippen LogP contribution >= 0.6 is 0 Å². The molecule has 5 heteroatoms. The quantitative estimate of drug-likeness (QED) is 0.799. The van der Waals surface area contributed by atoms with Gasteiger partial charge in [-0.15, -0.1) is 0 Å². The van der Waals surface area contributed by atoms with E-state index in [0.29, 0.717) is 6.61 Å². The highest BCUT2D eigenvalue weighted by atomic mass is 16.5. The number of rotatable bonds is 3.